The lowest BCUT2D eigenvalue weighted by molar-refractivity contribution is -0.160. The first kappa shape index (κ1) is 21.2. The molecule has 1 heterocycles. The van der Waals surface area contributed by atoms with Gasteiger partial charge in [0, 0.05) is 12.8 Å². The van der Waals surface area contributed by atoms with Gasteiger partial charge in [-0.25, -0.2) is 0 Å². The number of rotatable bonds is 9. The Bertz CT molecular complexity index is 759. The Morgan fingerprint density at radius 3 is 2.52 bits per heavy atom. The largest absolute Gasteiger partial charge is 0.469 e. The first-order valence-electron chi connectivity index (χ1n) is 9.91. The molecule has 1 saturated heterocycles. The summed E-state index contributed by atoms with van der Waals surface area (Å²) in [5.41, 5.74) is 2.21. The molecule has 1 aliphatic heterocycles. The van der Waals surface area contributed by atoms with Crippen LogP contribution in [0.5, 0.6) is 0 Å². The second-order valence-electron chi connectivity index (χ2n) is 7.06. The predicted molar refractivity (Wildman–Crippen MR) is 111 cm³/mol. The van der Waals surface area contributed by atoms with Gasteiger partial charge >= 0.3 is 5.97 Å². The van der Waals surface area contributed by atoms with Crippen LogP contribution in [0.4, 0.5) is 0 Å². The Morgan fingerprint density at radius 1 is 1.07 bits per heavy atom. The van der Waals surface area contributed by atoms with Gasteiger partial charge in [0.2, 0.25) is 0 Å². The van der Waals surface area contributed by atoms with Crippen molar-refractivity contribution in [2.24, 2.45) is 0 Å². The van der Waals surface area contributed by atoms with Crippen molar-refractivity contribution >= 4 is 12.0 Å². The van der Waals surface area contributed by atoms with E-state index in [-0.39, 0.29) is 37.5 Å². The van der Waals surface area contributed by atoms with E-state index in [1.54, 1.807) is 0 Å². The molecule has 0 amide bonds. The van der Waals surface area contributed by atoms with Crippen LogP contribution < -0.4 is 0 Å². The fourth-order valence-electron chi connectivity index (χ4n) is 3.33. The molecular weight excluding hydrogens is 368 g/mol. The minimum atomic E-state index is -0.276. The maximum atomic E-state index is 11.7. The summed E-state index contributed by atoms with van der Waals surface area (Å²) in [6, 6.07) is 20.0. The molecule has 0 aromatic heterocycles. The van der Waals surface area contributed by atoms with E-state index < -0.39 is 0 Å². The average molecular weight is 396 g/mol. The summed E-state index contributed by atoms with van der Waals surface area (Å²) < 4.78 is 22.5. The number of carbonyl (C=O) groups excluding carboxylic acids is 1. The molecule has 0 spiro atoms. The molecule has 1 fully saturated rings. The molecule has 0 radical (unpaired) electrons. The Kier molecular flexibility index (Phi) is 8.43. The number of ether oxygens (including phenoxy) is 4. The Labute approximate surface area is 172 Å². The normalized spacial score (nSPS) is 21.9. The minimum Gasteiger partial charge on any atom is -0.469 e. The third-order valence-electron chi connectivity index (χ3n) is 4.81. The third kappa shape index (κ3) is 7.46. The van der Waals surface area contributed by atoms with Crippen molar-refractivity contribution in [1.82, 2.24) is 0 Å². The lowest BCUT2D eigenvalue weighted by Gasteiger charge is -2.33. The molecule has 3 rings (SSSR count). The van der Waals surface area contributed by atoms with Crippen LogP contribution in [0.25, 0.3) is 6.08 Å². The van der Waals surface area contributed by atoms with Gasteiger partial charge in [-0.15, -0.1) is 0 Å². The summed E-state index contributed by atoms with van der Waals surface area (Å²) in [5, 5.41) is 0. The molecule has 0 bridgehead atoms. The van der Waals surface area contributed by atoms with Gasteiger partial charge in [-0.2, -0.15) is 0 Å². The van der Waals surface area contributed by atoms with Crippen LogP contribution in [0.3, 0.4) is 0 Å². The molecule has 0 saturated carbocycles. The van der Waals surface area contributed by atoms with E-state index in [0.29, 0.717) is 13.0 Å². The molecule has 2 aromatic rings. The standard InChI is InChI=1S/C24H28O5/c1-26-24(25)16-23-15-22(28-18-27-17-20-10-6-3-7-11-20)14-21(29-23)13-12-19-8-4-2-5-9-19/h2-13,21-23H,14-18H2,1H3/b13-12+/t21-,22+,23-/m1/s1. The topological polar surface area (TPSA) is 54.0 Å². The van der Waals surface area contributed by atoms with Crippen molar-refractivity contribution in [3.05, 3.63) is 77.9 Å². The van der Waals surface area contributed by atoms with Gasteiger partial charge in [-0.3, -0.25) is 4.79 Å². The monoisotopic (exact) mass is 396 g/mol. The molecule has 2 aromatic carbocycles. The number of carbonyl (C=O) groups is 1. The Balaban J connectivity index is 1.53. The minimum absolute atomic E-state index is 0.0420. The highest BCUT2D eigenvalue weighted by atomic mass is 16.7. The molecular formula is C24H28O5. The van der Waals surface area contributed by atoms with E-state index in [4.69, 9.17) is 18.9 Å². The van der Waals surface area contributed by atoms with Gasteiger partial charge in [-0.05, 0) is 11.1 Å². The fraction of sp³-hybridized carbons (Fsp3) is 0.375. The molecule has 5 nitrogen and oxygen atoms in total. The summed E-state index contributed by atoms with van der Waals surface area (Å²) in [6.07, 6.45) is 5.23. The molecule has 29 heavy (non-hydrogen) atoms. The number of benzene rings is 2. The summed E-state index contributed by atoms with van der Waals surface area (Å²) in [7, 11) is 1.39. The Morgan fingerprint density at radius 2 is 1.79 bits per heavy atom. The second-order valence-corrected chi connectivity index (χ2v) is 7.06. The summed E-state index contributed by atoms with van der Waals surface area (Å²) >= 11 is 0. The molecule has 0 aliphatic carbocycles. The second kappa shape index (κ2) is 11.5. The summed E-state index contributed by atoms with van der Waals surface area (Å²) in [4.78, 5) is 11.7. The Hall–Kier alpha value is -2.47. The van der Waals surface area contributed by atoms with Crippen LogP contribution >= 0.6 is 0 Å². The van der Waals surface area contributed by atoms with Gasteiger partial charge in [0.15, 0.2) is 0 Å². The van der Waals surface area contributed by atoms with E-state index in [1.807, 2.05) is 72.8 Å². The van der Waals surface area contributed by atoms with Crippen molar-refractivity contribution in [2.45, 2.75) is 44.2 Å². The third-order valence-corrected chi connectivity index (χ3v) is 4.81. The van der Waals surface area contributed by atoms with Gasteiger partial charge in [-0.1, -0.05) is 72.8 Å². The van der Waals surface area contributed by atoms with Crippen molar-refractivity contribution in [3.8, 4) is 0 Å². The summed E-state index contributed by atoms with van der Waals surface area (Å²) in [5.74, 6) is -0.276. The fourth-order valence-corrected chi connectivity index (χ4v) is 3.33. The zero-order valence-corrected chi connectivity index (χ0v) is 16.7. The van der Waals surface area contributed by atoms with E-state index in [2.05, 4.69) is 0 Å². The SMILES string of the molecule is COC(=O)C[C@H]1C[C@@H](OCOCc2ccccc2)C[C@@H](/C=C/c2ccccc2)O1. The maximum absolute atomic E-state index is 11.7. The number of esters is 1. The van der Waals surface area contributed by atoms with Crippen molar-refractivity contribution in [2.75, 3.05) is 13.9 Å². The first-order chi connectivity index (χ1) is 14.2. The predicted octanol–water partition coefficient (Wildman–Crippen LogP) is 4.37. The van der Waals surface area contributed by atoms with Crippen LogP contribution in [0, 0.1) is 0 Å². The van der Waals surface area contributed by atoms with Crippen LogP contribution in [0.1, 0.15) is 30.4 Å². The zero-order valence-electron chi connectivity index (χ0n) is 16.7. The average Bonchev–Trinajstić information content (AvgIpc) is 2.76. The van der Waals surface area contributed by atoms with Crippen molar-refractivity contribution in [1.29, 1.82) is 0 Å². The van der Waals surface area contributed by atoms with E-state index in [1.165, 1.54) is 7.11 Å². The molecule has 1 aliphatic rings. The molecule has 0 N–H and O–H groups in total. The quantitative estimate of drug-likeness (QED) is 0.358. The maximum Gasteiger partial charge on any atom is 0.308 e. The van der Waals surface area contributed by atoms with Gasteiger partial charge in [0.1, 0.15) is 6.79 Å². The number of hydrogen-bond acceptors (Lipinski definition) is 5. The lowest BCUT2D eigenvalue weighted by atomic mass is 9.98. The van der Waals surface area contributed by atoms with E-state index in [9.17, 15) is 4.79 Å². The van der Waals surface area contributed by atoms with Crippen LogP contribution in [-0.2, 0) is 30.3 Å². The smallest absolute Gasteiger partial charge is 0.308 e. The van der Waals surface area contributed by atoms with Gasteiger partial charge in [0.25, 0.3) is 0 Å². The zero-order chi connectivity index (χ0) is 20.3. The highest BCUT2D eigenvalue weighted by molar-refractivity contribution is 5.69. The molecule has 5 heteroatoms. The number of methoxy groups -OCH3 is 1. The van der Waals surface area contributed by atoms with Crippen LogP contribution in [-0.4, -0.2) is 38.2 Å². The molecule has 0 unspecified atom stereocenters. The first-order valence-corrected chi connectivity index (χ1v) is 9.91. The summed E-state index contributed by atoms with van der Waals surface area (Å²) in [6.45, 7) is 0.715. The van der Waals surface area contributed by atoms with Crippen LogP contribution in [0.15, 0.2) is 66.7 Å². The van der Waals surface area contributed by atoms with Gasteiger partial charge < -0.3 is 18.9 Å². The van der Waals surface area contributed by atoms with Gasteiger partial charge in [0.05, 0.1) is 38.4 Å². The van der Waals surface area contributed by atoms with Crippen molar-refractivity contribution < 1.29 is 23.7 Å². The highest BCUT2D eigenvalue weighted by Gasteiger charge is 2.30. The molecule has 154 valence electrons. The highest BCUT2D eigenvalue weighted by Crippen LogP contribution is 2.26. The molecule has 3 atom stereocenters. The van der Waals surface area contributed by atoms with Crippen LogP contribution in [0.2, 0.25) is 0 Å². The number of hydrogen-bond donors (Lipinski definition) is 0. The van der Waals surface area contributed by atoms with E-state index in [0.717, 1.165) is 17.5 Å². The van der Waals surface area contributed by atoms with Crippen molar-refractivity contribution in [3.63, 3.8) is 0 Å². The lowest BCUT2D eigenvalue weighted by Crippen LogP contribution is -2.37. The van der Waals surface area contributed by atoms with E-state index >= 15 is 0 Å².